The Morgan fingerprint density at radius 1 is 0.947 bits per heavy atom. The molecule has 100 valence electrons. The van der Waals surface area contributed by atoms with Gasteiger partial charge in [-0.1, -0.05) is 48.9 Å². The molecule has 0 aliphatic rings. The lowest BCUT2D eigenvalue weighted by Crippen LogP contribution is -2.14. The molecule has 0 spiro atoms. The van der Waals surface area contributed by atoms with Gasteiger partial charge in [-0.25, -0.2) is 0 Å². The van der Waals surface area contributed by atoms with Gasteiger partial charge in [0.1, 0.15) is 5.75 Å². The maximum absolute atomic E-state index is 9.79. The zero-order valence-corrected chi connectivity index (χ0v) is 11.6. The number of phenols is 1. The third-order valence-electron chi connectivity index (χ3n) is 3.37. The Morgan fingerprint density at radius 2 is 1.63 bits per heavy atom. The van der Waals surface area contributed by atoms with E-state index in [4.69, 9.17) is 0 Å². The Kier molecular flexibility index (Phi) is 4.58. The Labute approximate surface area is 115 Å². The summed E-state index contributed by atoms with van der Waals surface area (Å²) in [5, 5.41) is 13.2. The van der Waals surface area contributed by atoms with Gasteiger partial charge in [0.05, 0.1) is 0 Å². The highest BCUT2D eigenvalue weighted by molar-refractivity contribution is 5.35. The highest BCUT2D eigenvalue weighted by atomic mass is 16.3. The number of rotatable bonds is 5. The fourth-order valence-electron chi connectivity index (χ4n) is 2.26. The van der Waals surface area contributed by atoms with Crippen LogP contribution in [0, 0.1) is 6.92 Å². The summed E-state index contributed by atoms with van der Waals surface area (Å²) in [6.07, 6.45) is 1.05. The number of nitrogens with one attached hydrogen (secondary N) is 1. The van der Waals surface area contributed by atoms with Crippen molar-refractivity contribution in [3.63, 3.8) is 0 Å². The Bertz CT molecular complexity index is 549. The quantitative estimate of drug-likeness (QED) is 0.856. The summed E-state index contributed by atoms with van der Waals surface area (Å²) in [5.74, 6) is 0.363. The van der Waals surface area contributed by atoms with Gasteiger partial charge in [-0.2, -0.15) is 0 Å². The summed E-state index contributed by atoms with van der Waals surface area (Å²) in [7, 11) is 0. The fourth-order valence-corrected chi connectivity index (χ4v) is 2.26. The molecular weight excluding hydrogens is 234 g/mol. The van der Waals surface area contributed by atoms with Crippen molar-refractivity contribution in [2.45, 2.75) is 33.4 Å². The third kappa shape index (κ3) is 3.58. The molecule has 0 unspecified atom stereocenters. The first-order chi connectivity index (χ1) is 9.20. The molecule has 0 aliphatic carbocycles. The highest BCUT2D eigenvalue weighted by Gasteiger charge is 2.02. The van der Waals surface area contributed by atoms with E-state index in [1.54, 1.807) is 6.07 Å². The first-order valence-electron chi connectivity index (χ1n) is 6.76. The van der Waals surface area contributed by atoms with Crippen LogP contribution in [0.25, 0.3) is 0 Å². The van der Waals surface area contributed by atoms with Gasteiger partial charge in [0, 0.05) is 18.7 Å². The molecule has 0 bridgehead atoms. The van der Waals surface area contributed by atoms with Gasteiger partial charge >= 0.3 is 0 Å². The maximum atomic E-state index is 9.79. The van der Waals surface area contributed by atoms with Crippen molar-refractivity contribution in [2.24, 2.45) is 0 Å². The van der Waals surface area contributed by atoms with Crippen LogP contribution in [-0.2, 0) is 19.5 Å². The summed E-state index contributed by atoms with van der Waals surface area (Å²) in [5.41, 5.74) is 4.83. The average molecular weight is 255 g/mol. The molecule has 0 radical (unpaired) electrons. The molecule has 0 amide bonds. The molecule has 2 nitrogen and oxygen atoms in total. The molecule has 2 aromatic carbocycles. The molecule has 0 atom stereocenters. The second kappa shape index (κ2) is 6.39. The SMILES string of the molecule is CCc1ccccc1CNCc1cc(C)ccc1O. The van der Waals surface area contributed by atoms with Gasteiger partial charge in [0.15, 0.2) is 0 Å². The van der Waals surface area contributed by atoms with Crippen LogP contribution < -0.4 is 5.32 Å². The van der Waals surface area contributed by atoms with Crippen molar-refractivity contribution in [2.75, 3.05) is 0 Å². The maximum Gasteiger partial charge on any atom is 0.120 e. The van der Waals surface area contributed by atoms with E-state index >= 15 is 0 Å². The minimum atomic E-state index is 0.363. The zero-order valence-electron chi connectivity index (χ0n) is 11.6. The molecule has 0 heterocycles. The van der Waals surface area contributed by atoms with Crippen molar-refractivity contribution in [1.82, 2.24) is 5.32 Å². The van der Waals surface area contributed by atoms with Gasteiger partial charge in [-0.15, -0.1) is 0 Å². The molecule has 2 rings (SSSR count). The molecule has 0 saturated heterocycles. The predicted octanol–water partition coefficient (Wildman–Crippen LogP) is 3.55. The summed E-state index contributed by atoms with van der Waals surface area (Å²) >= 11 is 0. The van der Waals surface area contributed by atoms with Crippen LogP contribution in [0.3, 0.4) is 0 Å². The van der Waals surface area contributed by atoms with E-state index in [-0.39, 0.29) is 0 Å². The second-order valence-electron chi connectivity index (χ2n) is 4.86. The molecule has 2 aromatic rings. The number of benzene rings is 2. The predicted molar refractivity (Wildman–Crippen MR) is 79.2 cm³/mol. The number of hydrogen-bond donors (Lipinski definition) is 2. The van der Waals surface area contributed by atoms with E-state index in [2.05, 4.69) is 36.5 Å². The zero-order chi connectivity index (χ0) is 13.7. The van der Waals surface area contributed by atoms with E-state index in [0.717, 1.165) is 18.5 Å². The van der Waals surface area contributed by atoms with Crippen LogP contribution in [0.1, 0.15) is 29.2 Å². The lowest BCUT2D eigenvalue weighted by Gasteiger charge is -2.10. The van der Waals surface area contributed by atoms with Crippen LogP contribution >= 0.6 is 0 Å². The van der Waals surface area contributed by atoms with E-state index in [9.17, 15) is 5.11 Å². The standard InChI is InChI=1S/C17H21NO/c1-3-14-6-4-5-7-15(14)11-18-12-16-10-13(2)8-9-17(16)19/h4-10,18-19H,3,11-12H2,1-2H3. The number of aryl methyl sites for hydroxylation is 2. The van der Waals surface area contributed by atoms with Crippen molar-refractivity contribution >= 4 is 0 Å². The highest BCUT2D eigenvalue weighted by Crippen LogP contribution is 2.18. The smallest absolute Gasteiger partial charge is 0.120 e. The number of hydrogen-bond acceptors (Lipinski definition) is 2. The van der Waals surface area contributed by atoms with Crippen LogP contribution in [-0.4, -0.2) is 5.11 Å². The molecule has 0 aliphatic heterocycles. The summed E-state index contributed by atoms with van der Waals surface area (Å²) in [6, 6.07) is 14.2. The van der Waals surface area contributed by atoms with Crippen LogP contribution in [0.2, 0.25) is 0 Å². The minimum absolute atomic E-state index is 0.363. The van der Waals surface area contributed by atoms with Crippen molar-refractivity contribution in [3.8, 4) is 5.75 Å². The summed E-state index contributed by atoms with van der Waals surface area (Å²) in [6.45, 7) is 5.73. The topological polar surface area (TPSA) is 32.3 Å². The second-order valence-corrected chi connectivity index (χ2v) is 4.86. The summed E-state index contributed by atoms with van der Waals surface area (Å²) in [4.78, 5) is 0. The largest absolute Gasteiger partial charge is 0.508 e. The fraction of sp³-hybridized carbons (Fsp3) is 0.294. The molecule has 0 saturated carbocycles. The van der Waals surface area contributed by atoms with Gasteiger partial charge in [0.2, 0.25) is 0 Å². The summed E-state index contributed by atoms with van der Waals surface area (Å²) < 4.78 is 0. The monoisotopic (exact) mass is 255 g/mol. The molecule has 19 heavy (non-hydrogen) atoms. The Balaban J connectivity index is 1.98. The van der Waals surface area contributed by atoms with Gasteiger partial charge in [-0.05, 0) is 30.5 Å². The lowest BCUT2D eigenvalue weighted by molar-refractivity contribution is 0.464. The third-order valence-corrected chi connectivity index (χ3v) is 3.37. The van der Waals surface area contributed by atoms with Crippen LogP contribution in [0.15, 0.2) is 42.5 Å². The Hall–Kier alpha value is -1.80. The normalized spacial score (nSPS) is 10.6. The average Bonchev–Trinajstić information content (AvgIpc) is 2.43. The molecular formula is C17H21NO. The van der Waals surface area contributed by atoms with Gasteiger partial charge in [0.25, 0.3) is 0 Å². The van der Waals surface area contributed by atoms with Crippen LogP contribution in [0.4, 0.5) is 0 Å². The van der Waals surface area contributed by atoms with Crippen molar-refractivity contribution < 1.29 is 5.11 Å². The molecule has 2 N–H and O–H groups in total. The number of phenolic OH excluding ortho intramolecular Hbond substituents is 1. The van der Waals surface area contributed by atoms with E-state index in [0.29, 0.717) is 12.3 Å². The van der Waals surface area contributed by atoms with Gasteiger partial charge in [-0.3, -0.25) is 0 Å². The molecule has 0 aromatic heterocycles. The first kappa shape index (κ1) is 13.6. The Morgan fingerprint density at radius 3 is 2.37 bits per heavy atom. The van der Waals surface area contributed by atoms with E-state index in [1.165, 1.54) is 16.7 Å². The first-order valence-corrected chi connectivity index (χ1v) is 6.76. The van der Waals surface area contributed by atoms with Crippen molar-refractivity contribution in [3.05, 3.63) is 64.7 Å². The molecule has 0 fully saturated rings. The minimum Gasteiger partial charge on any atom is -0.508 e. The van der Waals surface area contributed by atoms with Crippen molar-refractivity contribution in [1.29, 1.82) is 0 Å². The number of aromatic hydroxyl groups is 1. The van der Waals surface area contributed by atoms with Gasteiger partial charge < -0.3 is 10.4 Å². The molecule has 2 heteroatoms. The van der Waals surface area contributed by atoms with E-state index in [1.807, 2.05) is 19.1 Å². The van der Waals surface area contributed by atoms with E-state index < -0.39 is 0 Å². The van der Waals surface area contributed by atoms with Crippen LogP contribution in [0.5, 0.6) is 5.75 Å². The lowest BCUT2D eigenvalue weighted by atomic mass is 10.1.